The number of nitrogens with zero attached hydrogens (tertiary/aromatic N) is 5. The number of hydrogen-bond donors (Lipinski definition) is 0. The molecular formula is C16H13N5O2S. The van der Waals surface area contributed by atoms with Crippen LogP contribution in [0.3, 0.4) is 0 Å². The van der Waals surface area contributed by atoms with Gasteiger partial charge in [0.1, 0.15) is 12.7 Å². The highest BCUT2D eigenvalue weighted by Gasteiger charge is 2.11. The van der Waals surface area contributed by atoms with Crippen LogP contribution in [0.5, 0.6) is 0 Å². The summed E-state index contributed by atoms with van der Waals surface area (Å²) in [6, 6.07) is 12.8. The first kappa shape index (κ1) is 15.9. The van der Waals surface area contributed by atoms with Gasteiger partial charge in [-0.1, -0.05) is 29.5 Å². The fourth-order valence-corrected chi connectivity index (χ4v) is 2.85. The van der Waals surface area contributed by atoms with Crippen LogP contribution in [-0.4, -0.2) is 26.0 Å². The second-order valence-electron chi connectivity index (χ2n) is 4.98. The summed E-state index contributed by atoms with van der Waals surface area (Å²) in [6.45, 7) is 2.03. The summed E-state index contributed by atoms with van der Waals surface area (Å²) < 4.78 is 1.43. The maximum absolute atomic E-state index is 11.0. The Bertz CT molecular complexity index is 876. The summed E-state index contributed by atoms with van der Waals surface area (Å²) in [5.41, 5.74) is 1.86. The lowest BCUT2D eigenvalue weighted by Gasteiger charge is -2.06. The Balaban J connectivity index is 1.94. The summed E-state index contributed by atoms with van der Waals surface area (Å²) in [5.74, 6) is 0. The van der Waals surface area contributed by atoms with E-state index < -0.39 is 4.92 Å². The molecule has 120 valence electrons. The van der Waals surface area contributed by atoms with Crippen LogP contribution >= 0.6 is 11.8 Å². The smallest absolute Gasteiger partial charge is 0.258 e. The molecule has 0 bridgehead atoms. The Kier molecular flexibility index (Phi) is 4.66. The van der Waals surface area contributed by atoms with Crippen molar-refractivity contribution >= 4 is 23.7 Å². The molecule has 24 heavy (non-hydrogen) atoms. The lowest BCUT2D eigenvalue weighted by atomic mass is 10.2. The van der Waals surface area contributed by atoms with E-state index in [9.17, 15) is 10.1 Å². The van der Waals surface area contributed by atoms with Crippen LogP contribution in [0.1, 0.15) is 11.1 Å². The fraction of sp³-hybridized carbons (Fsp3) is 0.0625. The largest absolute Gasteiger partial charge is 0.270 e. The Morgan fingerprint density at radius 2 is 1.88 bits per heavy atom. The molecule has 2 aromatic carbocycles. The summed E-state index contributed by atoms with van der Waals surface area (Å²) in [4.78, 5) is 12.5. The molecule has 3 rings (SSSR count). The van der Waals surface area contributed by atoms with E-state index in [-0.39, 0.29) is 5.69 Å². The zero-order valence-electron chi connectivity index (χ0n) is 12.7. The average Bonchev–Trinajstić information content (AvgIpc) is 3.09. The van der Waals surface area contributed by atoms with Gasteiger partial charge in [0.2, 0.25) is 0 Å². The topological polar surface area (TPSA) is 86.2 Å². The van der Waals surface area contributed by atoms with Gasteiger partial charge in [0.15, 0.2) is 0 Å². The fourth-order valence-electron chi connectivity index (χ4n) is 1.96. The van der Waals surface area contributed by atoms with Gasteiger partial charge in [-0.2, -0.15) is 5.10 Å². The summed E-state index contributed by atoms with van der Waals surface area (Å²) in [7, 11) is 0. The highest BCUT2D eigenvalue weighted by Crippen LogP contribution is 2.32. The molecule has 0 aliphatic carbocycles. The molecule has 1 heterocycles. The molecule has 0 atom stereocenters. The van der Waals surface area contributed by atoms with Crippen molar-refractivity contribution in [3.63, 3.8) is 0 Å². The standard InChI is InChI=1S/C16H13N5O2S/c1-12-2-5-15(6-3-12)24-16-7-4-14(21(22)23)8-13(16)9-19-20-10-17-18-11-20/h2-11H,1H3/b19-9+. The molecule has 0 amide bonds. The third-order valence-corrected chi connectivity index (χ3v) is 4.29. The van der Waals surface area contributed by atoms with E-state index in [4.69, 9.17) is 0 Å². The van der Waals surface area contributed by atoms with Gasteiger partial charge in [-0.25, -0.2) is 4.68 Å². The monoisotopic (exact) mass is 339 g/mol. The van der Waals surface area contributed by atoms with Crippen LogP contribution < -0.4 is 0 Å². The van der Waals surface area contributed by atoms with E-state index in [1.54, 1.807) is 12.3 Å². The molecule has 0 unspecified atom stereocenters. The molecule has 0 fully saturated rings. The van der Waals surface area contributed by atoms with Gasteiger partial charge in [0.05, 0.1) is 11.1 Å². The third kappa shape index (κ3) is 3.85. The molecular weight excluding hydrogens is 326 g/mol. The lowest BCUT2D eigenvalue weighted by molar-refractivity contribution is -0.384. The van der Waals surface area contributed by atoms with E-state index in [1.807, 2.05) is 31.2 Å². The van der Waals surface area contributed by atoms with Crippen LogP contribution in [0.25, 0.3) is 0 Å². The van der Waals surface area contributed by atoms with Crippen molar-refractivity contribution in [2.75, 3.05) is 0 Å². The first-order valence-corrected chi connectivity index (χ1v) is 7.85. The number of rotatable bonds is 5. The van der Waals surface area contributed by atoms with Gasteiger partial charge < -0.3 is 0 Å². The molecule has 1 aromatic heterocycles. The van der Waals surface area contributed by atoms with Crippen LogP contribution in [0.15, 0.2) is 70.0 Å². The summed E-state index contributed by atoms with van der Waals surface area (Å²) in [6.07, 6.45) is 4.45. The van der Waals surface area contributed by atoms with E-state index in [0.29, 0.717) is 5.56 Å². The Morgan fingerprint density at radius 1 is 1.17 bits per heavy atom. The molecule has 0 aliphatic rings. The number of nitro benzene ring substituents is 1. The van der Waals surface area contributed by atoms with Gasteiger partial charge in [0, 0.05) is 27.5 Å². The van der Waals surface area contributed by atoms with E-state index in [2.05, 4.69) is 15.3 Å². The summed E-state index contributed by atoms with van der Waals surface area (Å²) in [5, 5.41) is 22.5. The van der Waals surface area contributed by atoms with Gasteiger partial charge in [-0.15, -0.1) is 10.2 Å². The predicted molar refractivity (Wildman–Crippen MR) is 91.4 cm³/mol. The number of aromatic nitrogens is 3. The van der Waals surface area contributed by atoms with Crippen molar-refractivity contribution in [2.24, 2.45) is 5.10 Å². The number of hydrogen-bond acceptors (Lipinski definition) is 6. The molecule has 3 aromatic rings. The first-order valence-electron chi connectivity index (χ1n) is 7.04. The normalized spacial score (nSPS) is 11.0. The van der Waals surface area contributed by atoms with Gasteiger partial charge in [-0.3, -0.25) is 10.1 Å². The predicted octanol–water partition coefficient (Wildman–Crippen LogP) is 3.53. The van der Waals surface area contributed by atoms with Gasteiger partial charge in [-0.05, 0) is 25.1 Å². The van der Waals surface area contributed by atoms with Crippen molar-refractivity contribution in [1.29, 1.82) is 0 Å². The van der Waals surface area contributed by atoms with Crippen molar-refractivity contribution in [3.05, 3.63) is 76.4 Å². The van der Waals surface area contributed by atoms with Gasteiger partial charge >= 0.3 is 0 Å². The summed E-state index contributed by atoms with van der Waals surface area (Å²) >= 11 is 1.53. The molecule has 0 N–H and O–H groups in total. The number of non-ortho nitro benzene ring substituents is 1. The second kappa shape index (κ2) is 7.05. The molecule has 8 heteroatoms. The zero-order chi connectivity index (χ0) is 16.9. The Hall–Kier alpha value is -3.00. The molecule has 0 spiro atoms. The van der Waals surface area contributed by atoms with E-state index >= 15 is 0 Å². The molecule has 0 saturated heterocycles. The maximum Gasteiger partial charge on any atom is 0.270 e. The lowest BCUT2D eigenvalue weighted by Crippen LogP contribution is -1.94. The zero-order valence-corrected chi connectivity index (χ0v) is 13.6. The van der Waals surface area contributed by atoms with Crippen molar-refractivity contribution in [3.8, 4) is 0 Å². The van der Waals surface area contributed by atoms with Crippen molar-refractivity contribution in [1.82, 2.24) is 14.9 Å². The molecule has 0 saturated carbocycles. The SMILES string of the molecule is Cc1ccc(Sc2ccc([N+](=O)[O-])cc2/C=N/n2cnnc2)cc1. The van der Waals surface area contributed by atoms with E-state index in [1.165, 1.54) is 46.8 Å². The third-order valence-electron chi connectivity index (χ3n) is 3.19. The molecule has 0 aliphatic heterocycles. The van der Waals surface area contributed by atoms with Crippen LogP contribution in [-0.2, 0) is 0 Å². The van der Waals surface area contributed by atoms with Crippen molar-refractivity contribution in [2.45, 2.75) is 16.7 Å². The number of nitro groups is 1. The van der Waals surface area contributed by atoms with E-state index in [0.717, 1.165) is 9.79 Å². The Morgan fingerprint density at radius 3 is 2.54 bits per heavy atom. The molecule has 0 radical (unpaired) electrons. The average molecular weight is 339 g/mol. The minimum absolute atomic E-state index is 0.0217. The van der Waals surface area contributed by atoms with Crippen LogP contribution in [0, 0.1) is 17.0 Å². The molecule has 7 nitrogen and oxygen atoms in total. The van der Waals surface area contributed by atoms with Crippen molar-refractivity contribution < 1.29 is 4.92 Å². The van der Waals surface area contributed by atoms with Gasteiger partial charge in [0.25, 0.3) is 5.69 Å². The number of aryl methyl sites for hydroxylation is 1. The Labute approximate surface area is 142 Å². The quantitative estimate of drug-likeness (QED) is 0.403. The maximum atomic E-state index is 11.0. The van der Waals surface area contributed by atoms with Crippen LogP contribution in [0.2, 0.25) is 0 Å². The highest BCUT2D eigenvalue weighted by atomic mass is 32.2. The highest BCUT2D eigenvalue weighted by molar-refractivity contribution is 7.99. The second-order valence-corrected chi connectivity index (χ2v) is 6.10. The minimum atomic E-state index is -0.420. The number of benzene rings is 2. The van der Waals surface area contributed by atoms with Crippen LogP contribution in [0.4, 0.5) is 5.69 Å². The first-order chi connectivity index (χ1) is 11.6. The minimum Gasteiger partial charge on any atom is -0.258 e.